The Kier molecular flexibility index (Phi) is 7.58. The van der Waals surface area contributed by atoms with Crippen molar-refractivity contribution in [3.63, 3.8) is 0 Å². The topological polar surface area (TPSA) is 106 Å². The van der Waals surface area contributed by atoms with Crippen molar-refractivity contribution in [1.82, 2.24) is 19.5 Å². The number of carbonyl (C=O) groups is 3. The molecule has 0 aliphatic rings. The van der Waals surface area contributed by atoms with Crippen LogP contribution < -0.4 is 5.32 Å². The zero-order valence-electron chi connectivity index (χ0n) is 20.3. The van der Waals surface area contributed by atoms with E-state index in [-0.39, 0.29) is 37.8 Å². The first kappa shape index (κ1) is 28.0. The lowest BCUT2D eigenvalue weighted by molar-refractivity contribution is -0.291. The molecular formula is C22H22F5N5O4S. The standard InChI is InChI=1S/C22H22F5N5O4S/c1-6-7-36-20(35)15-11(3)16(19(34)31(4)5)37-18(15)29-17(33)12-9-14-28-10(2)8-13(32(14)30-12)21(23,24)22(25,26)27/h8-9H,6-7H2,1-5H3,(H,29,33). The van der Waals surface area contributed by atoms with Crippen molar-refractivity contribution in [3.8, 4) is 0 Å². The summed E-state index contributed by atoms with van der Waals surface area (Å²) in [6, 6.07) is 1.46. The summed E-state index contributed by atoms with van der Waals surface area (Å²) in [5.41, 5.74) is -2.47. The van der Waals surface area contributed by atoms with Gasteiger partial charge in [-0.05, 0) is 31.9 Å². The summed E-state index contributed by atoms with van der Waals surface area (Å²) in [5.74, 6) is -7.55. The van der Waals surface area contributed by atoms with Crippen LogP contribution >= 0.6 is 11.3 Å². The molecule has 37 heavy (non-hydrogen) atoms. The third-order valence-corrected chi connectivity index (χ3v) is 6.28. The maximum absolute atomic E-state index is 14.2. The molecule has 15 heteroatoms. The molecule has 0 atom stereocenters. The summed E-state index contributed by atoms with van der Waals surface area (Å²) in [4.78, 5) is 43.5. The lowest BCUT2D eigenvalue weighted by Crippen LogP contribution is -2.36. The molecule has 0 unspecified atom stereocenters. The van der Waals surface area contributed by atoms with Crippen LogP contribution in [0.15, 0.2) is 12.1 Å². The van der Waals surface area contributed by atoms with Gasteiger partial charge in [0.05, 0.1) is 17.0 Å². The van der Waals surface area contributed by atoms with Crippen LogP contribution in [-0.4, -0.2) is 64.2 Å². The molecular weight excluding hydrogens is 525 g/mol. The molecule has 1 N–H and O–H groups in total. The number of aryl methyl sites for hydroxylation is 1. The first-order valence-electron chi connectivity index (χ1n) is 10.8. The summed E-state index contributed by atoms with van der Waals surface area (Å²) in [6.07, 6.45) is -5.40. The van der Waals surface area contributed by atoms with Crippen LogP contribution in [0.25, 0.3) is 5.65 Å². The van der Waals surface area contributed by atoms with Gasteiger partial charge in [0.2, 0.25) is 0 Å². The molecule has 0 saturated carbocycles. The number of alkyl halides is 5. The number of anilines is 1. The number of carbonyl (C=O) groups excluding carboxylic acids is 3. The lowest BCUT2D eigenvalue weighted by Gasteiger charge is -2.20. The molecule has 3 rings (SSSR count). The molecule has 0 aromatic carbocycles. The monoisotopic (exact) mass is 547 g/mol. The Morgan fingerprint density at radius 2 is 1.78 bits per heavy atom. The highest BCUT2D eigenvalue weighted by atomic mass is 32.1. The molecule has 0 bridgehead atoms. The first-order chi connectivity index (χ1) is 17.1. The SMILES string of the molecule is CCCOC(=O)c1c(NC(=O)c2cc3nc(C)cc(C(F)(F)C(F)(F)F)n3n2)sc(C(=O)N(C)C)c1C. The van der Waals surface area contributed by atoms with E-state index in [1.54, 1.807) is 6.92 Å². The maximum Gasteiger partial charge on any atom is 0.459 e. The van der Waals surface area contributed by atoms with Gasteiger partial charge < -0.3 is 15.0 Å². The lowest BCUT2D eigenvalue weighted by atomic mass is 10.1. The number of hydrogen-bond acceptors (Lipinski definition) is 7. The molecule has 0 fully saturated rings. The number of hydrogen-bond donors (Lipinski definition) is 1. The zero-order chi connectivity index (χ0) is 27.9. The molecule has 200 valence electrons. The smallest absolute Gasteiger partial charge is 0.459 e. The summed E-state index contributed by atoms with van der Waals surface area (Å²) in [5, 5.41) is 5.95. The van der Waals surface area contributed by atoms with Crippen molar-refractivity contribution < 1.29 is 41.1 Å². The zero-order valence-corrected chi connectivity index (χ0v) is 21.1. The Hall–Kier alpha value is -3.62. The molecule has 0 aliphatic carbocycles. The predicted octanol–water partition coefficient (Wildman–Crippen LogP) is 4.58. The summed E-state index contributed by atoms with van der Waals surface area (Å²) in [6.45, 7) is 4.56. The van der Waals surface area contributed by atoms with Crippen LogP contribution in [0.3, 0.4) is 0 Å². The number of aromatic nitrogens is 3. The Morgan fingerprint density at radius 3 is 2.35 bits per heavy atom. The van der Waals surface area contributed by atoms with Crippen LogP contribution in [0.5, 0.6) is 0 Å². The fourth-order valence-electron chi connectivity index (χ4n) is 3.27. The number of halogens is 5. The molecule has 0 radical (unpaired) electrons. The second kappa shape index (κ2) is 10.0. The number of nitrogens with one attached hydrogen (secondary N) is 1. The van der Waals surface area contributed by atoms with Crippen LogP contribution in [0.2, 0.25) is 0 Å². The van der Waals surface area contributed by atoms with Gasteiger partial charge in [-0.25, -0.2) is 14.3 Å². The van der Waals surface area contributed by atoms with Crippen LogP contribution in [-0.2, 0) is 10.7 Å². The van der Waals surface area contributed by atoms with E-state index in [2.05, 4.69) is 15.4 Å². The largest absolute Gasteiger partial charge is 0.462 e. The maximum atomic E-state index is 14.2. The third kappa shape index (κ3) is 5.26. The van der Waals surface area contributed by atoms with E-state index in [0.717, 1.165) is 17.4 Å². The molecule has 2 amide bonds. The second-order valence-corrected chi connectivity index (χ2v) is 9.23. The Labute approximate surface area is 211 Å². The Balaban J connectivity index is 2.07. The minimum Gasteiger partial charge on any atom is -0.462 e. The number of nitrogens with zero attached hydrogens (tertiary/aromatic N) is 4. The summed E-state index contributed by atoms with van der Waals surface area (Å²) in [7, 11) is 2.99. The van der Waals surface area contributed by atoms with E-state index in [1.165, 1.54) is 32.8 Å². The van der Waals surface area contributed by atoms with Crippen LogP contribution in [0.4, 0.5) is 27.0 Å². The van der Waals surface area contributed by atoms with E-state index in [4.69, 9.17) is 4.74 Å². The number of rotatable bonds is 7. The highest BCUT2D eigenvalue weighted by Gasteiger charge is 2.60. The van der Waals surface area contributed by atoms with Crippen molar-refractivity contribution in [1.29, 1.82) is 0 Å². The average Bonchev–Trinajstić information content (AvgIpc) is 3.36. The Bertz CT molecular complexity index is 1380. The fraction of sp³-hybridized carbons (Fsp3) is 0.409. The van der Waals surface area contributed by atoms with E-state index in [0.29, 0.717) is 12.5 Å². The van der Waals surface area contributed by atoms with Gasteiger partial charge in [-0.15, -0.1) is 11.3 Å². The minimum atomic E-state index is -5.92. The normalized spacial score (nSPS) is 12.1. The number of amides is 2. The first-order valence-corrected chi connectivity index (χ1v) is 11.6. The van der Waals surface area contributed by atoms with Crippen molar-refractivity contribution in [3.05, 3.63) is 45.2 Å². The van der Waals surface area contributed by atoms with Crippen molar-refractivity contribution in [2.24, 2.45) is 0 Å². The van der Waals surface area contributed by atoms with Gasteiger partial charge in [-0.2, -0.15) is 27.1 Å². The summed E-state index contributed by atoms with van der Waals surface area (Å²) < 4.78 is 72.8. The van der Waals surface area contributed by atoms with E-state index < -0.39 is 46.9 Å². The second-order valence-electron chi connectivity index (χ2n) is 8.20. The van der Waals surface area contributed by atoms with E-state index >= 15 is 0 Å². The highest BCUT2D eigenvalue weighted by Crippen LogP contribution is 2.44. The number of fused-ring (bicyclic) bond motifs is 1. The molecule has 3 heterocycles. The highest BCUT2D eigenvalue weighted by molar-refractivity contribution is 7.18. The summed E-state index contributed by atoms with van der Waals surface area (Å²) >= 11 is 0.785. The van der Waals surface area contributed by atoms with Gasteiger partial charge in [0, 0.05) is 25.9 Å². The molecule has 3 aromatic rings. The predicted molar refractivity (Wildman–Crippen MR) is 123 cm³/mol. The number of esters is 1. The quantitative estimate of drug-likeness (QED) is 0.343. The molecule has 0 spiro atoms. The number of ether oxygens (including phenoxy) is 1. The Morgan fingerprint density at radius 1 is 1.14 bits per heavy atom. The fourth-order valence-corrected chi connectivity index (χ4v) is 4.48. The van der Waals surface area contributed by atoms with Gasteiger partial charge >= 0.3 is 18.1 Å². The van der Waals surface area contributed by atoms with Crippen LogP contribution in [0, 0.1) is 13.8 Å². The van der Waals surface area contributed by atoms with Gasteiger partial charge in [-0.3, -0.25) is 9.59 Å². The minimum absolute atomic E-state index is 0.0733. The molecule has 0 saturated heterocycles. The van der Waals surface area contributed by atoms with Gasteiger partial charge in [0.25, 0.3) is 11.8 Å². The van der Waals surface area contributed by atoms with Gasteiger partial charge in [0.1, 0.15) is 10.7 Å². The third-order valence-electron chi connectivity index (χ3n) is 5.08. The van der Waals surface area contributed by atoms with Crippen LogP contribution in [0.1, 0.15) is 60.8 Å². The average molecular weight is 548 g/mol. The molecule has 0 aliphatic heterocycles. The molecule has 9 nitrogen and oxygen atoms in total. The number of thiophene rings is 1. The van der Waals surface area contributed by atoms with Gasteiger partial charge in [-0.1, -0.05) is 6.92 Å². The van der Waals surface area contributed by atoms with Gasteiger partial charge in [0.15, 0.2) is 11.3 Å². The van der Waals surface area contributed by atoms with E-state index in [9.17, 15) is 36.3 Å². The van der Waals surface area contributed by atoms with Crippen molar-refractivity contribution in [2.75, 3.05) is 26.0 Å². The molecule has 3 aromatic heterocycles. The van der Waals surface area contributed by atoms with Crippen molar-refractivity contribution in [2.45, 2.75) is 39.3 Å². The van der Waals surface area contributed by atoms with E-state index in [1.807, 2.05) is 0 Å². The van der Waals surface area contributed by atoms with Crippen molar-refractivity contribution >= 4 is 39.8 Å².